The molecule has 0 aromatic carbocycles. The van der Waals surface area contributed by atoms with E-state index in [2.05, 4.69) is 46.9 Å². The Kier molecular flexibility index (Phi) is 8.83. The van der Waals surface area contributed by atoms with Crippen LogP contribution in [-0.4, -0.2) is 36.0 Å². The molecule has 0 radical (unpaired) electrons. The van der Waals surface area contributed by atoms with Gasteiger partial charge in [0, 0.05) is 12.1 Å². The molecule has 0 saturated carbocycles. The highest BCUT2D eigenvalue weighted by molar-refractivity contribution is 4.78. The van der Waals surface area contributed by atoms with Crippen LogP contribution < -0.4 is 5.32 Å². The minimum atomic E-state index is -0.421. The lowest BCUT2D eigenvalue weighted by Gasteiger charge is -2.27. The average molecular weight is 259 g/mol. The van der Waals surface area contributed by atoms with E-state index >= 15 is 0 Å². The molecule has 2 atom stereocenters. The van der Waals surface area contributed by atoms with Gasteiger partial charge in [0.05, 0.1) is 18.8 Å². The fourth-order valence-electron chi connectivity index (χ4n) is 2.17. The van der Waals surface area contributed by atoms with Crippen LogP contribution in [0.15, 0.2) is 0 Å². The lowest BCUT2D eigenvalue weighted by Crippen LogP contribution is -2.44. The number of β-amino-alcohol motifs (C(OH)–C–C–N with tert-alkyl or cyclic N) is 1. The Morgan fingerprint density at radius 3 is 2.33 bits per heavy atom. The van der Waals surface area contributed by atoms with Gasteiger partial charge < -0.3 is 15.2 Å². The molecule has 0 aliphatic carbocycles. The first kappa shape index (κ1) is 17.9. The monoisotopic (exact) mass is 259 g/mol. The second kappa shape index (κ2) is 8.89. The standard InChI is InChI=1S/C15H33NO2/c1-7-8-15(5,6)16-10-14(17)11-18-13(4)9-12(2)3/h12-14,16-17H,7-11H2,1-6H3. The van der Waals surface area contributed by atoms with Gasteiger partial charge in [-0.05, 0) is 39.5 Å². The maximum absolute atomic E-state index is 9.88. The highest BCUT2D eigenvalue weighted by Gasteiger charge is 2.17. The van der Waals surface area contributed by atoms with Crippen molar-refractivity contribution in [2.24, 2.45) is 5.92 Å². The lowest BCUT2D eigenvalue weighted by molar-refractivity contribution is -0.0105. The predicted octanol–water partition coefficient (Wildman–Crippen LogP) is 2.97. The van der Waals surface area contributed by atoms with Crippen LogP contribution in [0.3, 0.4) is 0 Å². The summed E-state index contributed by atoms with van der Waals surface area (Å²) in [5, 5.41) is 13.3. The molecule has 0 fully saturated rings. The van der Waals surface area contributed by atoms with E-state index in [1.165, 1.54) is 0 Å². The molecule has 3 heteroatoms. The molecule has 0 aliphatic heterocycles. The van der Waals surface area contributed by atoms with Gasteiger partial charge in [-0.1, -0.05) is 27.2 Å². The van der Waals surface area contributed by atoms with Crippen LogP contribution in [0.1, 0.15) is 60.8 Å². The Hall–Kier alpha value is -0.120. The van der Waals surface area contributed by atoms with Gasteiger partial charge in [0.15, 0.2) is 0 Å². The molecule has 0 spiro atoms. The molecule has 2 unspecified atom stereocenters. The number of hydrogen-bond acceptors (Lipinski definition) is 3. The molecule has 2 N–H and O–H groups in total. The second-order valence-corrected chi connectivity index (χ2v) is 6.44. The number of rotatable bonds is 10. The molecule has 18 heavy (non-hydrogen) atoms. The summed E-state index contributed by atoms with van der Waals surface area (Å²) in [5.41, 5.74) is 0.0965. The number of aliphatic hydroxyl groups is 1. The number of nitrogens with one attached hydrogen (secondary N) is 1. The van der Waals surface area contributed by atoms with Crippen LogP contribution in [0.25, 0.3) is 0 Å². The van der Waals surface area contributed by atoms with E-state index in [1.807, 2.05) is 0 Å². The van der Waals surface area contributed by atoms with Crippen LogP contribution in [0.4, 0.5) is 0 Å². The van der Waals surface area contributed by atoms with Crippen LogP contribution in [0, 0.1) is 5.92 Å². The van der Waals surface area contributed by atoms with Gasteiger partial charge in [0.1, 0.15) is 0 Å². The minimum Gasteiger partial charge on any atom is -0.389 e. The summed E-state index contributed by atoms with van der Waals surface area (Å²) in [6.07, 6.45) is 3.11. The van der Waals surface area contributed by atoms with Crippen molar-refractivity contribution in [1.82, 2.24) is 5.32 Å². The highest BCUT2D eigenvalue weighted by atomic mass is 16.5. The Balaban J connectivity index is 3.74. The first-order chi connectivity index (χ1) is 8.26. The van der Waals surface area contributed by atoms with E-state index in [0.717, 1.165) is 19.3 Å². The van der Waals surface area contributed by atoms with Crippen LogP contribution >= 0.6 is 0 Å². The molecule has 3 nitrogen and oxygen atoms in total. The lowest BCUT2D eigenvalue weighted by atomic mass is 9.99. The van der Waals surface area contributed by atoms with Crippen LogP contribution in [-0.2, 0) is 4.74 Å². The van der Waals surface area contributed by atoms with Crippen molar-refractivity contribution in [3.8, 4) is 0 Å². The zero-order valence-electron chi connectivity index (χ0n) is 13.1. The van der Waals surface area contributed by atoms with Crippen LogP contribution in [0.5, 0.6) is 0 Å². The summed E-state index contributed by atoms with van der Waals surface area (Å²) < 4.78 is 5.65. The highest BCUT2D eigenvalue weighted by Crippen LogP contribution is 2.11. The SMILES string of the molecule is CCCC(C)(C)NCC(O)COC(C)CC(C)C. The molecule has 0 aliphatic rings. The van der Waals surface area contributed by atoms with Gasteiger partial charge >= 0.3 is 0 Å². The van der Waals surface area contributed by atoms with Crippen LogP contribution in [0.2, 0.25) is 0 Å². The number of ether oxygens (including phenoxy) is 1. The van der Waals surface area contributed by atoms with Gasteiger partial charge in [-0.3, -0.25) is 0 Å². The summed E-state index contributed by atoms with van der Waals surface area (Å²) in [6.45, 7) is 14.0. The average Bonchev–Trinajstić information content (AvgIpc) is 2.22. The topological polar surface area (TPSA) is 41.5 Å². The summed E-state index contributed by atoms with van der Waals surface area (Å²) in [5.74, 6) is 0.638. The molecule has 0 amide bonds. The summed E-state index contributed by atoms with van der Waals surface area (Å²) in [7, 11) is 0. The molecule has 110 valence electrons. The number of hydrogen-bond donors (Lipinski definition) is 2. The normalized spacial score (nSPS) is 16.0. The van der Waals surface area contributed by atoms with Gasteiger partial charge in [0.2, 0.25) is 0 Å². The smallest absolute Gasteiger partial charge is 0.0898 e. The molecule has 0 aromatic heterocycles. The summed E-state index contributed by atoms with van der Waals surface area (Å²) >= 11 is 0. The first-order valence-corrected chi connectivity index (χ1v) is 7.31. The van der Waals surface area contributed by atoms with E-state index in [1.54, 1.807) is 0 Å². The Morgan fingerprint density at radius 2 is 1.83 bits per heavy atom. The molecule has 0 rings (SSSR count). The van der Waals surface area contributed by atoms with Gasteiger partial charge in [-0.15, -0.1) is 0 Å². The fraction of sp³-hybridized carbons (Fsp3) is 1.00. The molecule has 0 aromatic rings. The molecular formula is C15H33NO2. The third kappa shape index (κ3) is 9.86. The van der Waals surface area contributed by atoms with Crippen molar-refractivity contribution < 1.29 is 9.84 Å². The second-order valence-electron chi connectivity index (χ2n) is 6.44. The largest absolute Gasteiger partial charge is 0.389 e. The van der Waals surface area contributed by atoms with E-state index in [9.17, 15) is 5.11 Å². The zero-order chi connectivity index (χ0) is 14.2. The van der Waals surface area contributed by atoms with Crippen molar-refractivity contribution in [3.63, 3.8) is 0 Å². The summed E-state index contributed by atoms with van der Waals surface area (Å²) in [4.78, 5) is 0. The minimum absolute atomic E-state index is 0.0965. The number of aliphatic hydroxyl groups excluding tert-OH is 1. The third-order valence-corrected chi connectivity index (χ3v) is 3.07. The molecular weight excluding hydrogens is 226 g/mol. The van der Waals surface area contributed by atoms with Gasteiger partial charge in [-0.25, -0.2) is 0 Å². The maximum Gasteiger partial charge on any atom is 0.0898 e. The Morgan fingerprint density at radius 1 is 1.22 bits per heavy atom. The van der Waals surface area contributed by atoms with Gasteiger partial charge in [-0.2, -0.15) is 0 Å². The van der Waals surface area contributed by atoms with Crippen molar-refractivity contribution >= 4 is 0 Å². The maximum atomic E-state index is 9.88. The molecule has 0 bridgehead atoms. The molecule has 0 heterocycles. The van der Waals surface area contributed by atoms with Crippen molar-refractivity contribution in [3.05, 3.63) is 0 Å². The van der Waals surface area contributed by atoms with E-state index in [-0.39, 0.29) is 11.6 Å². The Labute approximate surface area is 113 Å². The van der Waals surface area contributed by atoms with Crippen molar-refractivity contribution in [1.29, 1.82) is 0 Å². The zero-order valence-corrected chi connectivity index (χ0v) is 13.1. The van der Waals surface area contributed by atoms with E-state index in [4.69, 9.17) is 4.74 Å². The van der Waals surface area contributed by atoms with Crippen molar-refractivity contribution in [2.75, 3.05) is 13.2 Å². The van der Waals surface area contributed by atoms with E-state index in [0.29, 0.717) is 19.1 Å². The van der Waals surface area contributed by atoms with Crippen molar-refractivity contribution in [2.45, 2.75) is 78.6 Å². The summed E-state index contributed by atoms with van der Waals surface area (Å²) in [6, 6.07) is 0. The fourth-order valence-corrected chi connectivity index (χ4v) is 2.17. The van der Waals surface area contributed by atoms with E-state index < -0.39 is 6.10 Å². The Bertz CT molecular complexity index is 205. The first-order valence-electron chi connectivity index (χ1n) is 7.31. The quantitative estimate of drug-likeness (QED) is 0.634. The van der Waals surface area contributed by atoms with Gasteiger partial charge in [0.25, 0.3) is 0 Å². The molecule has 0 saturated heterocycles. The predicted molar refractivity (Wildman–Crippen MR) is 77.9 cm³/mol. The third-order valence-electron chi connectivity index (χ3n) is 3.07.